The Labute approximate surface area is 108 Å². The monoisotopic (exact) mass is 253 g/mol. The SMILES string of the molecule is CCC(N)Cc1noc(CCC2CCCCO2)n1. The lowest BCUT2D eigenvalue weighted by Crippen LogP contribution is -2.22. The zero-order chi connectivity index (χ0) is 12.8. The fraction of sp³-hybridized carbons (Fsp3) is 0.846. The van der Waals surface area contributed by atoms with Gasteiger partial charge in [0.1, 0.15) is 0 Å². The fourth-order valence-corrected chi connectivity index (χ4v) is 2.17. The Morgan fingerprint density at radius 1 is 1.44 bits per heavy atom. The Morgan fingerprint density at radius 3 is 3.06 bits per heavy atom. The van der Waals surface area contributed by atoms with Gasteiger partial charge in [0.15, 0.2) is 5.82 Å². The molecule has 1 aliphatic rings. The van der Waals surface area contributed by atoms with Crippen LogP contribution in [0.3, 0.4) is 0 Å². The molecule has 0 amide bonds. The van der Waals surface area contributed by atoms with Gasteiger partial charge < -0.3 is 15.0 Å². The molecule has 2 unspecified atom stereocenters. The van der Waals surface area contributed by atoms with Crippen molar-refractivity contribution in [1.82, 2.24) is 10.1 Å². The summed E-state index contributed by atoms with van der Waals surface area (Å²) in [6.45, 7) is 2.96. The zero-order valence-corrected chi connectivity index (χ0v) is 11.1. The average Bonchev–Trinajstić information content (AvgIpc) is 2.85. The van der Waals surface area contributed by atoms with Gasteiger partial charge in [-0.25, -0.2) is 0 Å². The van der Waals surface area contributed by atoms with Crippen molar-refractivity contribution >= 4 is 0 Å². The standard InChI is InChI=1S/C13H23N3O2/c1-2-10(14)9-12-15-13(18-16-12)7-6-11-5-3-4-8-17-11/h10-11H,2-9,14H2,1H3. The Kier molecular flexibility index (Phi) is 5.13. The van der Waals surface area contributed by atoms with Crippen molar-refractivity contribution in [3.63, 3.8) is 0 Å². The van der Waals surface area contributed by atoms with E-state index >= 15 is 0 Å². The number of aromatic nitrogens is 2. The van der Waals surface area contributed by atoms with Crippen LogP contribution in [0.5, 0.6) is 0 Å². The van der Waals surface area contributed by atoms with Gasteiger partial charge in [0, 0.05) is 25.5 Å². The third-order valence-electron chi connectivity index (χ3n) is 3.43. The van der Waals surface area contributed by atoms with Gasteiger partial charge in [0.25, 0.3) is 0 Å². The lowest BCUT2D eigenvalue weighted by molar-refractivity contribution is 0.0104. The number of rotatable bonds is 6. The van der Waals surface area contributed by atoms with Gasteiger partial charge in [-0.2, -0.15) is 4.98 Å². The molecular weight excluding hydrogens is 230 g/mol. The van der Waals surface area contributed by atoms with E-state index in [0.717, 1.165) is 38.1 Å². The predicted octanol–water partition coefficient (Wildman–Crippen LogP) is 1.85. The van der Waals surface area contributed by atoms with E-state index in [2.05, 4.69) is 17.1 Å². The van der Waals surface area contributed by atoms with Crippen molar-refractivity contribution in [2.24, 2.45) is 5.73 Å². The summed E-state index contributed by atoms with van der Waals surface area (Å²) < 4.78 is 10.9. The maximum Gasteiger partial charge on any atom is 0.226 e. The summed E-state index contributed by atoms with van der Waals surface area (Å²) in [5, 5.41) is 3.96. The molecule has 2 heterocycles. The van der Waals surface area contributed by atoms with Gasteiger partial charge >= 0.3 is 0 Å². The van der Waals surface area contributed by atoms with E-state index in [9.17, 15) is 0 Å². The van der Waals surface area contributed by atoms with Crippen LogP contribution in [0.4, 0.5) is 0 Å². The fourth-order valence-electron chi connectivity index (χ4n) is 2.17. The second-order valence-corrected chi connectivity index (χ2v) is 5.00. The molecule has 1 fully saturated rings. The molecule has 2 N–H and O–H groups in total. The number of nitrogens with zero attached hydrogens (tertiary/aromatic N) is 2. The first-order chi connectivity index (χ1) is 8.78. The normalized spacial score (nSPS) is 22.0. The van der Waals surface area contributed by atoms with Crippen molar-refractivity contribution < 1.29 is 9.26 Å². The predicted molar refractivity (Wildman–Crippen MR) is 68.2 cm³/mol. The first kappa shape index (κ1) is 13.5. The van der Waals surface area contributed by atoms with E-state index in [0.29, 0.717) is 18.4 Å². The Morgan fingerprint density at radius 2 is 2.33 bits per heavy atom. The molecule has 0 bridgehead atoms. The smallest absolute Gasteiger partial charge is 0.226 e. The van der Waals surface area contributed by atoms with Crippen LogP contribution in [0, 0.1) is 0 Å². The van der Waals surface area contributed by atoms with Crippen molar-refractivity contribution in [1.29, 1.82) is 0 Å². The highest BCUT2D eigenvalue weighted by Crippen LogP contribution is 2.17. The molecule has 102 valence electrons. The number of ether oxygens (including phenoxy) is 1. The first-order valence-electron chi connectivity index (χ1n) is 6.96. The van der Waals surface area contributed by atoms with E-state index in [-0.39, 0.29) is 6.04 Å². The molecule has 1 aromatic rings. The van der Waals surface area contributed by atoms with Gasteiger partial charge in [-0.1, -0.05) is 12.1 Å². The number of hydrogen-bond donors (Lipinski definition) is 1. The van der Waals surface area contributed by atoms with Crippen LogP contribution >= 0.6 is 0 Å². The third kappa shape index (κ3) is 4.07. The van der Waals surface area contributed by atoms with Gasteiger partial charge in [-0.15, -0.1) is 0 Å². The molecule has 5 heteroatoms. The molecule has 5 nitrogen and oxygen atoms in total. The molecule has 0 radical (unpaired) electrons. The van der Waals surface area contributed by atoms with Crippen LogP contribution in [0.1, 0.15) is 50.7 Å². The van der Waals surface area contributed by atoms with Crippen molar-refractivity contribution in [2.75, 3.05) is 6.61 Å². The van der Waals surface area contributed by atoms with Gasteiger partial charge in [-0.3, -0.25) is 0 Å². The van der Waals surface area contributed by atoms with Crippen LogP contribution < -0.4 is 5.73 Å². The molecular formula is C13H23N3O2. The quantitative estimate of drug-likeness (QED) is 0.837. The number of hydrogen-bond acceptors (Lipinski definition) is 5. The maximum atomic E-state index is 5.86. The first-order valence-corrected chi connectivity index (χ1v) is 6.96. The molecule has 2 rings (SSSR count). The van der Waals surface area contributed by atoms with Crippen LogP contribution in [0.15, 0.2) is 4.52 Å². The summed E-state index contributed by atoms with van der Waals surface area (Å²) in [4.78, 5) is 4.37. The lowest BCUT2D eigenvalue weighted by Gasteiger charge is -2.21. The average molecular weight is 253 g/mol. The molecule has 0 spiro atoms. The minimum atomic E-state index is 0.122. The molecule has 0 saturated carbocycles. The summed E-state index contributed by atoms with van der Waals surface area (Å²) >= 11 is 0. The van der Waals surface area contributed by atoms with Crippen molar-refractivity contribution in [2.45, 2.75) is 64.0 Å². The molecule has 1 aliphatic heterocycles. The summed E-state index contributed by atoms with van der Waals surface area (Å²) in [6, 6.07) is 0.122. The molecule has 1 saturated heterocycles. The maximum absolute atomic E-state index is 5.86. The Hall–Kier alpha value is -0.940. The zero-order valence-electron chi connectivity index (χ0n) is 11.1. The summed E-state index contributed by atoms with van der Waals surface area (Å²) in [7, 11) is 0. The van der Waals surface area contributed by atoms with Crippen molar-refractivity contribution in [3.05, 3.63) is 11.7 Å². The van der Waals surface area contributed by atoms with E-state index in [4.69, 9.17) is 15.0 Å². The molecule has 18 heavy (non-hydrogen) atoms. The second kappa shape index (κ2) is 6.85. The van der Waals surface area contributed by atoms with E-state index in [1.54, 1.807) is 0 Å². The largest absolute Gasteiger partial charge is 0.378 e. The summed E-state index contributed by atoms with van der Waals surface area (Å²) in [5.41, 5.74) is 5.86. The molecule has 1 aromatic heterocycles. The summed E-state index contributed by atoms with van der Waals surface area (Å²) in [5.74, 6) is 1.44. The number of aryl methyl sites for hydroxylation is 1. The van der Waals surface area contributed by atoms with E-state index in [1.165, 1.54) is 12.8 Å². The lowest BCUT2D eigenvalue weighted by atomic mass is 10.0. The highest BCUT2D eigenvalue weighted by molar-refractivity contribution is 4.90. The second-order valence-electron chi connectivity index (χ2n) is 5.00. The van der Waals surface area contributed by atoms with Crippen molar-refractivity contribution in [3.8, 4) is 0 Å². The minimum Gasteiger partial charge on any atom is -0.378 e. The topological polar surface area (TPSA) is 74.2 Å². The third-order valence-corrected chi connectivity index (χ3v) is 3.43. The molecule has 0 aliphatic carbocycles. The minimum absolute atomic E-state index is 0.122. The molecule has 0 aromatic carbocycles. The van der Waals surface area contributed by atoms with Gasteiger partial charge in [-0.05, 0) is 32.1 Å². The van der Waals surface area contributed by atoms with Crippen LogP contribution in [-0.2, 0) is 17.6 Å². The van der Waals surface area contributed by atoms with E-state index < -0.39 is 0 Å². The van der Waals surface area contributed by atoms with Crippen LogP contribution in [0.2, 0.25) is 0 Å². The molecule has 2 atom stereocenters. The Bertz CT molecular complexity index is 348. The van der Waals surface area contributed by atoms with Crippen LogP contribution in [-0.4, -0.2) is 28.9 Å². The van der Waals surface area contributed by atoms with Gasteiger partial charge in [0.05, 0.1) is 6.10 Å². The Balaban J connectivity index is 1.75. The van der Waals surface area contributed by atoms with Crippen LogP contribution in [0.25, 0.3) is 0 Å². The highest BCUT2D eigenvalue weighted by Gasteiger charge is 2.16. The number of nitrogens with two attached hydrogens (primary N) is 1. The van der Waals surface area contributed by atoms with E-state index in [1.807, 2.05) is 0 Å². The highest BCUT2D eigenvalue weighted by atomic mass is 16.5. The van der Waals surface area contributed by atoms with Gasteiger partial charge in [0.2, 0.25) is 5.89 Å². The summed E-state index contributed by atoms with van der Waals surface area (Å²) in [6.07, 6.45) is 7.38.